The molecule has 21 heavy (non-hydrogen) atoms. The van der Waals surface area contributed by atoms with Crippen molar-refractivity contribution < 1.29 is 9.53 Å². The van der Waals surface area contributed by atoms with Gasteiger partial charge in [-0.2, -0.15) is 0 Å². The third-order valence-corrected chi connectivity index (χ3v) is 4.48. The number of amides is 1. The van der Waals surface area contributed by atoms with Crippen LogP contribution < -0.4 is 15.4 Å². The summed E-state index contributed by atoms with van der Waals surface area (Å²) in [6.45, 7) is 2.77. The summed E-state index contributed by atoms with van der Waals surface area (Å²) in [5, 5.41) is 6.48. The zero-order valence-electron chi connectivity index (χ0n) is 12.4. The van der Waals surface area contributed by atoms with Crippen molar-refractivity contribution in [3.63, 3.8) is 0 Å². The molecule has 1 atom stereocenters. The molecule has 114 valence electrons. The number of ether oxygens (including phenoxy) is 1. The van der Waals surface area contributed by atoms with Gasteiger partial charge in [0, 0.05) is 6.42 Å². The maximum absolute atomic E-state index is 12.1. The van der Waals surface area contributed by atoms with Crippen LogP contribution in [0.5, 0.6) is 5.75 Å². The zero-order valence-corrected chi connectivity index (χ0v) is 12.4. The third kappa shape index (κ3) is 3.97. The topological polar surface area (TPSA) is 50.4 Å². The van der Waals surface area contributed by atoms with Crippen molar-refractivity contribution in [3.05, 3.63) is 29.8 Å². The quantitative estimate of drug-likeness (QED) is 0.889. The first kappa shape index (κ1) is 14.4. The van der Waals surface area contributed by atoms with Crippen LogP contribution in [-0.4, -0.2) is 31.6 Å². The van der Waals surface area contributed by atoms with Crippen LogP contribution >= 0.6 is 0 Å². The first-order chi connectivity index (χ1) is 10.3. The molecule has 2 aliphatic rings. The molecule has 2 aliphatic heterocycles. The van der Waals surface area contributed by atoms with E-state index in [4.69, 9.17) is 4.74 Å². The molecule has 1 aromatic carbocycles. The second-order valence-electron chi connectivity index (χ2n) is 6.12. The highest BCUT2D eigenvalue weighted by Gasteiger charge is 2.21. The lowest BCUT2D eigenvalue weighted by Crippen LogP contribution is -2.42. The van der Waals surface area contributed by atoms with Crippen molar-refractivity contribution in [2.45, 2.75) is 38.1 Å². The smallest absolute Gasteiger partial charge is 0.220 e. The highest BCUT2D eigenvalue weighted by atomic mass is 16.5. The van der Waals surface area contributed by atoms with Gasteiger partial charge in [0.1, 0.15) is 12.4 Å². The minimum absolute atomic E-state index is 0.112. The molecule has 4 nitrogen and oxygen atoms in total. The van der Waals surface area contributed by atoms with E-state index in [1.165, 1.54) is 18.4 Å². The van der Waals surface area contributed by atoms with E-state index in [9.17, 15) is 4.79 Å². The number of para-hydroxylation sites is 1. The average molecular weight is 288 g/mol. The number of hydrogen-bond donors (Lipinski definition) is 2. The van der Waals surface area contributed by atoms with E-state index in [0.717, 1.165) is 31.7 Å². The summed E-state index contributed by atoms with van der Waals surface area (Å²) >= 11 is 0. The van der Waals surface area contributed by atoms with Gasteiger partial charge in [-0.15, -0.1) is 0 Å². The van der Waals surface area contributed by atoms with Gasteiger partial charge < -0.3 is 15.4 Å². The van der Waals surface area contributed by atoms with Crippen LogP contribution in [0.1, 0.15) is 31.2 Å². The molecule has 0 spiro atoms. The number of carbonyl (C=O) groups excluding carboxylic acids is 1. The van der Waals surface area contributed by atoms with Gasteiger partial charge in [-0.1, -0.05) is 18.2 Å². The Morgan fingerprint density at radius 1 is 1.29 bits per heavy atom. The normalized spacial score (nSPS) is 22.2. The van der Waals surface area contributed by atoms with Crippen LogP contribution in [0.2, 0.25) is 0 Å². The van der Waals surface area contributed by atoms with Crippen LogP contribution in [0, 0.1) is 5.92 Å². The van der Waals surface area contributed by atoms with Gasteiger partial charge in [0.25, 0.3) is 0 Å². The molecular weight excluding hydrogens is 264 g/mol. The van der Waals surface area contributed by atoms with Crippen LogP contribution in [-0.2, 0) is 11.2 Å². The number of piperidine rings is 1. The Labute approximate surface area is 126 Å². The van der Waals surface area contributed by atoms with E-state index in [1.807, 2.05) is 18.2 Å². The van der Waals surface area contributed by atoms with E-state index < -0.39 is 0 Å². The highest BCUT2D eigenvalue weighted by Crippen LogP contribution is 2.24. The molecule has 1 unspecified atom stereocenters. The Balaban J connectivity index is 1.43. The number of carbonyl (C=O) groups is 1. The minimum Gasteiger partial charge on any atom is -0.491 e. The van der Waals surface area contributed by atoms with Gasteiger partial charge in [-0.25, -0.2) is 0 Å². The maximum Gasteiger partial charge on any atom is 0.220 e. The summed E-state index contributed by atoms with van der Waals surface area (Å²) in [5.41, 5.74) is 1.19. The highest BCUT2D eigenvalue weighted by molar-refractivity contribution is 5.76. The first-order valence-corrected chi connectivity index (χ1v) is 8.02. The van der Waals surface area contributed by atoms with Crippen molar-refractivity contribution in [2.75, 3.05) is 19.7 Å². The molecule has 0 saturated carbocycles. The molecule has 1 amide bonds. The van der Waals surface area contributed by atoms with Crippen molar-refractivity contribution >= 4 is 5.91 Å². The van der Waals surface area contributed by atoms with Gasteiger partial charge in [-0.05, 0) is 56.3 Å². The van der Waals surface area contributed by atoms with E-state index in [2.05, 4.69) is 16.7 Å². The summed E-state index contributed by atoms with van der Waals surface area (Å²) in [7, 11) is 0. The minimum atomic E-state index is 0.112. The van der Waals surface area contributed by atoms with E-state index in [-0.39, 0.29) is 11.9 Å². The van der Waals surface area contributed by atoms with E-state index >= 15 is 0 Å². The molecule has 2 N–H and O–H groups in total. The van der Waals surface area contributed by atoms with E-state index in [0.29, 0.717) is 18.9 Å². The van der Waals surface area contributed by atoms with Gasteiger partial charge in [0.05, 0.1) is 6.04 Å². The molecule has 1 aromatic rings. The van der Waals surface area contributed by atoms with Crippen LogP contribution in [0.3, 0.4) is 0 Å². The summed E-state index contributed by atoms with van der Waals surface area (Å²) in [6, 6.07) is 8.17. The Hall–Kier alpha value is -1.55. The fraction of sp³-hybridized carbons (Fsp3) is 0.588. The third-order valence-electron chi connectivity index (χ3n) is 4.48. The standard InChI is InChI=1S/C17H24N2O2/c20-17(6-5-13-7-9-18-10-8-13)19-15-11-14-3-1-2-4-16(14)21-12-15/h1-4,13,15,18H,5-12H2,(H,19,20). The Bertz CT molecular complexity index is 483. The molecule has 0 aromatic heterocycles. The van der Waals surface area contributed by atoms with E-state index in [1.54, 1.807) is 0 Å². The van der Waals surface area contributed by atoms with Crippen LogP contribution in [0.25, 0.3) is 0 Å². The predicted octanol–water partition coefficient (Wildman–Crippen LogP) is 1.89. The fourth-order valence-electron chi connectivity index (χ4n) is 3.23. The number of benzene rings is 1. The molecule has 3 rings (SSSR count). The first-order valence-electron chi connectivity index (χ1n) is 8.02. The molecule has 2 heterocycles. The second kappa shape index (κ2) is 6.94. The summed E-state index contributed by atoms with van der Waals surface area (Å²) < 4.78 is 5.71. The summed E-state index contributed by atoms with van der Waals surface area (Å²) in [5.74, 6) is 1.83. The second-order valence-corrected chi connectivity index (χ2v) is 6.12. The molecule has 1 fully saturated rings. The lowest BCUT2D eigenvalue weighted by molar-refractivity contribution is -0.122. The average Bonchev–Trinajstić information content (AvgIpc) is 2.54. The lowest BCUT2D eigenvalue weighted by Gasteiger charge is -2.26. The Morgan fingerprint density at radius 3 is 2.95 bits per heavy atom. The number of hydrogen-bond acceptors (Lipinski definition) is 3. The SMILES string of the molecule is O=C(CCC1CCNCC1)NC1COc2ccccc2C1. The summed E-state index contributed by atoms with van der Waals surface area (Å²) in [4.78, 5) is 12.1. The monoisotopic (exact) mass is 288 g/mol. The largest absolute Gasteiger partial charge is 0.491 e. The van der Waals surface area contributed by atoms with Crippen LogP contribution in [0.15, 0.2) is 24.3 Å². The molecule has 0 bridgehead atoms. The maximum atomic E-state index is 12.1. The number of fused-ring (bicyclic) bond motifs is 1. The number of nitrogens with one attached hydrogen (secondary N) is 2. The van der Waals surface area contributed by atoms with Crippen molar-refractivity contribution in [3.8, 4) is 5.75 Å². The van der Waals surface area contributed by atoms with Crippen molar-refractivity contribution in [1.29, 1.82) is 0 Å². The Kier molecular flexibility index (Phi) is 4.76. The van der Waals surface area contributed by atoms with Crippen LogP contribution in [0.4, 0.5) is 0 Å². The van der Waals surface area contributed by atoms with Gasteiger partial charge in [0.15, 0.2) is 0 Å². The molecular formula is C17H24N2O2. The van der Waals surface area contributed by atoms with Gasteiger partial charge >= 0.3 is 0 Å². The van der Waals surface area contributed by atoms with Crippen molar-refractivity contribution in [1.82, 2.24) is 10.6 Å². The van der Waals surface area contributed by atoms with Gasteiger partial charge in [-0.3, -0.25) is 4.79 Å². The van der Waals surface area contributed by atoms with Gasteiger partial charge in [0.2, 0.25) is 5.91 Å². The van der Waals surface area contributed by atoms with Crippen molar-refractivity contribution in [2.24, 2.45) is 5.92 Å². The molecule has 0 aliphatic carbocycles. The zero-order chi connectivity index (χ0) is 14.5. The lowest BCUT2D eigenvalue weighted by atomic mass is 9.93. The number of rotatable bonds is 4. The molecule has 4 heteroatoms. The summed E-state index contributed by atoms with van der Waals surface area (Å²) in [6.07, 6.45) is 4.93. The predicted molar refractivity (Wildman–Crippen MR) is 82.4 cm³/mol. The fourth-order valence-corrected chi connectivity index (χ4v) is 3.23. The Morgan fingerprint density at radius 2 is 2.10 bits per heavy atom. The molecule has 0 radical (unpaired) electrons. The molecule has 1 saturated heterocycles.